The molecule has 0 aliphatic carbocycles. The van der Waals surface area contributed by atoms with Crippen LogP contribution in [0.5, 0.6) is 0 Å². The lowest BCUT2D eigenvalue weighted by Gasteiger charge is -2.12. The van der Waals surface area contributed by atoms with Gasteiger partial charge in [0.05, 0.1) is 5.69 Å². The number of hydrogen-bond donors (Lipinski definition) is 2. The Morgan fingerprint density at radius 3 is 2.43 bits per heavy atom. The molecule has 5 nitrogen and oxygen atoms in total. The Morgan fingerprint density at radius 1 is 1.24 bits per heavy atom. The van der Waals surface area contributed by atoms with Crippen LogP contribution >= 0.6 is 0 Å². The number of aromatic nitrogens is 2. The highest BCUT2D eigenvalue weighted by Crippen LogP contribution is 2.11. The third-order valence-corrected chi connectivity index (χ3v) is 3.80. The third-order valence-electron chi connectivity index (χ3n) is 3.80. The van der Waals surface area contributed by atoms with Crippen LogP contribution in [0, 0.1) is 19.8 Å². The minimum atomic E-state index is 0.762. The summed E-state index contributed by atoms with van der Waals surface area (Å²) in [5, 5.41) is 11.2. The van der Waals surface area contributed by atoms with E-state index in [4.69, 9.17) is 0 Å². The van der Waals surface area contributed by atoms with Crippen molar-refractivity contribution >= 4 is 5.96 Å². The molecule has 1 rings (SSSR count). The van der Waals surface area contributed by atoms with E-state index >= 15 is 0 Å². The van der Waals surface area contributed by atoms with E-state index in [-0.39, 0.29) is 0 Å². The highest BCUT2D eigenvalue weighted by molar-refractivity contribution is 5.79. The fraction of sp³-hybridized carbons (Fsp3) is 0.750. The van der Waals surface area contributed by atoms with Crippen molar-refractivity contribution in [1.82, 2.24) is 20.4 Å². The predicted molar refractivity (Wildman–Crippen MR) is 89.8 cm³/mol. The van der Waals surface area contributed by atoms with E-state index < -0.39 is 0 Å². The van der Waals surface area contributed by atoms with E-state index in [1.807, 2.05) is 18.8 Å². The molecule has 5 heteroatoms. The fourth-order valence-electron chi connectivity index (χ4n) is 2.42. The maximum Gasteiger partial charge on any atom is 0.190 e. The van der Waals surface area contributed by atoms with Gasteiger partial charge in [0, 0.05) is 32.9 Å². The normalized spacial score (nSPS) is 12.0. The van der Waals surface area contributed by atoms with Gasteiger partial charge in [-0.1, -0.05) is 13.8 Å². The third kappa shape index (κ3) is 5.78. The van der Waals surface area contributed by atoms with Crippen molar-refractivity contribution in [3.8, 4) is 0 Å². The van der Waals surface area contributed by atoms with Crippen LogP contribution in [0.15, 0.2) is 4.99 Å². The minimum Gasteiger partial charge on any atom is -0.356 e. The maximum absolute atomic E-state index is 4.45. The van der Waals surface area contributed by atoms with Crippen LogP contribution in [0.2, 0.25) is 0 Å². The van der Waals surface area contributed by atoms with Gasteiger partial charge in [-0.3, -0.25) is 9.67 Å². The summed E-state index contributed by atoms with van der Waals surface area (Å²) in [6.07, 6.45) is 3.40. The quantitative estimate of drug-likeness (QED) is 0.460. The first-order valence-corrected chi connectivity index (χ1v) is 7.89. The van der Waals surface area contributed by atoms with Gasteiger partial charge in [-0.05, 0) is 44.6 Å². The van der Waals surface area contributed by atoms with E-state index in [0.29, 0.717) is 0 Å². The van der Waals surface area contributed by atoms with Crippen LogP contribution in [0.4, 0.5) is 0 Å². The van der Waals surface area contributed by atoms with Crippen molar-refractivity contribution in [3.63, 3.8) is 0 Å². The predicted octanol–water partition coefficient (Wildman–Crippen LogP) is 2.18. The van der Waals surface area contributed by atoms with Crippen molar-refractivity contribution in [1.29, 1.82) is 0 Å². The summed E-state index contributed by atoms with van der Waals surface area (Å²) >= 11 is 0. The lowest BCUT2D eigenvalue weighted by atomic mass is 10.1. The molecule has 0 radical (unpaired) electrons. The van der Waals surface area contributed by atoms with E-state index in [9.17, 15) is 0 Å². The Morgan fingerprint density at radius 2 is 1.90 bits per heavy atom. The van der Waals surface area contributed by atoms with Crippen molar-refractivity contribution in [2.24, 2.45) is 18.0 Å². The van der Waals surface area contributed by atoms with Crippen LogP contribution in [0.25, 0.3) is 0 Å². The molecule has 0 atom stereocenters. The van der Waals surface area contributed by atoms with E-state index in [0.717, 1.165) is 37.1 Å². The standard InChI is InChI=1S/C16H31N5/c1-12(2)8-7-10-18-16(17-5)19-11-9-15-13(3)20-21(6)14(15)4/h12H,7-11H2,1-6H3,(H2,17,18,19). The topological polar surface area (TPSA) is 54.2 Å². The highest BCUT2D eigenvalue weighted by atomic mass is 15.3. The summed E-state index contributed by atoms with van der Waals surface area (Å²) in [6, 6.07) is 0. The summed E-state index contributed by atoms with van der Waals surface area (Å²) < 4.78 is 1.95. The Hall–Kier alpha value is -1.52. The number of aliphatic imine (C=N–C) groups is 1. The molecule has 0 saturated heterocycles. The van der Waals surface area contributed by atoms with Gasteiger partial charge in [0.25, 0.3) is 0 Å². The Balaban J connectivity index is 2.32. The first kappa shape index (κ1) is 17.5. The molecule has 0 aliphatic rings. The van der Waals surface area contributed by atoms with Gasteiger partial charge in [-0.25, -0.2) is 0 Å². The van der Waals surface area contributed by atoms with Gasteiger partial charge in [-0.2, -0.15) is 5.10 Å². The molecule has 1 aromatic heterocycles. The molecule has 120 valence electrons. The van der Waals surface area contributed by atoms with Gasteiger partial charge >= 0.3 is 0 Å². The molecule has 0 amide bonds. The number of nitrogens with one attached hydrogen (secondary N) is 2. The van der Waals surface area contributed by atoms with Gasteiger partial charge in [0.2, 0.25) is 0 Å². The van der Waals surface area contributed by atoms with Crippen molar-refractivity contribution in [2.45, 2.75) is 47.0 Å². The fourth-order valence-corrected chi connectivity index (χ4v) is 2.42. The first-order chi connectivity index (χ1) is 9.95. The second-order valence-electron chi connectivity index (χ2n) is 5.98. The molecule has 0 aromatic carbocycles. The van der Waals surface area contributed by atoms with Gasteiger partial charge < -0.3 is 10.6 Å². The molecule has 1 heterocycles. The number of aryl methyl sites for hydroxylation is 2. The molecule has 2 N–H and O–H groups in total. The molecule has 0 saturated carbocycles. The first-order valence-electron chi connectivity index (χ1n) is 7.89. The number of nitrogens with zero attached hydrogens (tertiary/aromatic N) is 3. The number of rotatable bonds is 7. The van der Waals surface area contributed by atoms with Gasteiger partial charge in [0.15, 0.2) is 5.96 Å². The van der Waals surface area contributed by atoms with Crippen LogP contribution < -0.4 is 10.6 Å². The summed E-state index contributed by atoms with van der Waals surface area (Å²) in [7, 11) is 3.81. The molecule has 21 heavy (non-hydrogen) atoms. The summed E-state index contributed by atoms with van der Waals surface area (Å²) in [5.41, 5.74) is 3.70. The maximum atomic E-state index is 4.45. The largest absolute Gasteiger partial charge is 0.356 e. The average molecular weight is 293 g/mol. The molecule has 0 aliphatic heterocycles. The SMILES string of the molecule is CN=C(NCCCC(C)C)NCCc1c(C)nn(C)c1C. The number of guanidine groups is 1. The zero-order chi connectivity index (χ0) is 15.8. The second-order valence-corrected chi connectivity index (χ2v) is 5.98. The lowest BCUT2D eigenvalue weighted by molar-refractivity contribution is 0.549. The zero-order valence-corrected chi connectivity index (χ0v) is 14.5. The summed E-state index contributed by atoms with van der Waals surface area (Å²) in [4.78, 5) is 4.26. The smallest absolute Gasteiger partial charge is 0.190 e. The summed E-state index contributed by atoms with van der Waals surface area (Å²) in [6.45, 7) is 10.5. The molecule has 0 spiro atoms. The van der Waals surface area contributed by atoms with E-state index in [1.54, 1.807) is 0 Å². The van der Waals surface area contributed by atoms with Crippen LogP contribution in [0.3, 0.4) is 0 Å². The highest BCUT2D eigenvalue weighted by Gasteiger charge is 2.08. The molecule has 0 fully saturated rings. The second kappa shape index (κ2) is 8.70. The molecule has 0 bridgehead atoms. The van der Waals surface area contributed by atoms with Gasteiger partial charge in [0.1, 0.15) is 0 Å². The molecule has 0 unspecified atom stereocenters. The molecular weight excluding hydrogens is 262 g/mol. The van der Waals surface area contributed by atoms with Crippen molar-refractivity contribution in [3.05, 3.63) is 17.0 Å². The van der Waals surface area contributed by atoms with Crippen LogP contribution in [0.1, 0.15) is 43.6 Å². The van der Waals surface area contributed by atoms with E-state index in [2.05, 4.69) is 48.4 Å². The minimum absolute atomic E-state index is 0.762. The number of hydrogen-bond acceptors (Lipinski definition) is 2. The average Bonchev–Trinajstić information content (AvgIpc) is 2.67. The van der Waals surface area contributed by atoms with Crippen LogP contribution in [-0.2, 0) is 13.5 Å². The zero-order valence-electron chi connectivity index (χ0n) is 14.5. The Bertz CT molecular complexity index is 459. The van der Waals surface area contributed by atoms with E-state index in [1.165, 1.54) is 24.1 Å². The van der Waals surface area contributed by atoms with Gasteiger partial charge in [-0.15, -0.1) is 0 Å². The monoisotopic (exact) mass is 293 g/mol. The summed E-state index contributed by atoms with van der Waals surface area (Å²) in [5.74, 6) is 1.65. The molecular formula is C16H31N5. The van der Waals surface area contributed by atoms with Crippen molar-refractivity contribution in [2.75, 3.05) is 20.1 Å². The molecule has 1 aromatic rings. The van der Waals surface area contributed by atoms with Crippen LogP contribution in [-0.4, -0.2) is 35.9 Å². The Labute approximate surface area is 129 Å². The lowest BCUT2D eigenvalue weighted by Crippen LogP contribution is -2.38. The Kier molecular flexibility index (Phi) is 7.26. The van der Waals surface area contributed by atoms with Crippen molar-refractivity contribution < 1.29 is 0 Å².